The van der Waals surface area contributed by atoms with E-state index < -0.39 is 11.4 Å². The summed E-state index contributed by atoms with van der Waals surface area (Å²) in [5, 5.41) is 20.3. The van der Waals surface area contributed by atoms with Gasteiger partial charge < -0.3 is 19.5 Å². The minimum absolute atomic E-state index is 0.00204. The molecule has 0 radical (unpaired) electrons. The Morgan fingerprint density at radius 1 is 0.875 bits per heavy atom. The fraction of sp³-hybridized carbons (Fsp3) is 0.206. The highest BCUT2D eigenvalue weighted by Gasteiger charge is 2.32. The van der Waals surface area contributed by atoms with E-state index in [2.05, 4.69) is 18.4 Å². The van der Waals surface area contributed by atoms with Crippen LogP contribution in [0.4, 0.5) is 4.39 Å². The second kappa shape index (κ2) is 11.4. The molecular formula is C34H32FNO4. The maximum Gasteiger partial charge on any atom is 0.335 e. The van der Waals surface area contributed by atoms with Gasteiger partial charge in [-0.25, -0.2) is 9.18 Å². The lowest BCUT2D eigenvalue weighted by Gasteiger charge is -2.28. The molecule has 5 nitrogen and oxygen atoms in total. The standard InChI is InChI=1S/C34H32FNO4/c1-34(2,19-20-37)32-28(21-23-11-13-25(14-12-23)33(38)39)31-29(36(32)27-17-15-26(35)16-18-27)9-6-10-30(31)40-22-24-7-4-3-5-8-24/h3-18,37H,19-22H2,1-2H3,(H,38,39). The van der Waals surface area contributed by atoms with Crippen LogP contribution in [-0.2, 0) is 18.4 Å². The first-order valence-electron chi connectivity index (χ1n) is 13.3. The molecule has 1 aromatic heterocycles. The van der Waals surface area contributed by atoms with Crippen LogP contribution in [0.3, 0.4) is 0 Å². The molecule has 0 fully saturated rings. The zero-order chi connectivity index (χ0) is 28.3. The lowest BCUT2D eigenvalue weighted by molar-refractivity contribution is 0.0697. The number of hydrogen-bond donors (Lipinski definition) is 2. The van der Waals surface area contributed by atoms with Crippen molar-refractivity contribution < 1.29 is 24.1 Å². The second-order valence-corrected chi connectivity index (χ2v) is 10.6. The highest BCUT2D eigenvalue weighted by atomic mass is 19.1. The van der Waals surface area contributed by atoms with E-state index in [4.69, 9.17) is 4.74 Å². The monoisotopic (exact) mass is 537 g/mol. The number of aromatic carboxylic acids is 1. The van der Waals surface area contributed by atoms with E-state index in [0.717, 1.165) is 44.7 Å². The van der Waals surface area contributed by atoms with Gasteiger partial charge in [-0.1, -0.05) is 62.4 Å². The van der Waals surface area contributed by atoms with Gasteiger partial charge in [-0.3, -0.25) is 0 Å². The van der Waals surface area contributed by atoms with Crippen molar-refractivity contribution in [3.05, 3.63) is 131 Å². The number of rotatable bonds is 10. The van der Waals surface area contributed by atoms with E-state index in [1.807, 2.05) is 60.7 Å². The molecule has 0 unspecified atom stereocenters. The summed E-state index contributed by atoms with van der Waals surface area (Å²) in [4.78, 5) is 11.5. The second-order valence-electron chi connectivity index (χ2n) is 10.6. The molecule has 0 spiro atoms. The zero-order valence-corrected chi connectivity index (χ0v) is 22.6. The molecule has 1 heterocycles. The molecule has 0 amide bonds. The fourth-order valence-corrected chi connectivity index (χ4v) is 5.35. The van der Waals surface area contributed by atoms with Gasteiger partial charge in [-0.15, -0.1) is 0 Å². The number of fused-ring (bicyclic) bond motifs is 1. The number of nitrogens with zero attached hydrogens (tertiary/aromatic N) is 1. The number of carboxylic acids is 1. The smallest absolute Gasteiger partial charge is 0.335 e. The highest BCUT2D eigenvalue weighted by Crippen LogP contribution is 2.43. The number of aliphatic hydroxyl groups is 1. The molecule has 5 aromatic rings. The van der Waals surface area contributed by atoms with Crippen LogP contribution in [0.15, 0.2) is 97.1 Å². The molecule has 40 heavy (non-hydrogen) atoms. The predicted molar refractivity (Wildman–Crippen MR) is 155 cm³/mol. The van der Waals surface area contributed by atoms with Crippen LogP contribution in [0.25, 0.3) is 16.6 Å². The van der Waals surface area contributed by atoms with Crippen LogP contribution < -0.4 is 4.74 Å². The molecule has 0 aliphatic rings. The van der Waals surface area contributed by atoms with E-state index in [-0.39, 0.29) is 18.0 Å². The van der Waals surface area contributed by atoms with Crippen molar-refractivity contribution in [3.63, 3.8) is 0 Å². The topological polar surface area (TPSA) is 71.7 Å². The third-order valence-corrected chi connectivity index (χ3v) is 7.34. The summed E-state index contributed by atoms with van der Waals surface area (Å²) in [6.07, 6.45) is 1.02. The van der Waals surface area contributed by atoms with Crippen LogP contribution >= 0.6 is 0 Å². The summed E-state index contributed by atoms with van der Waals surface area (Å²) in [6.45, 7) is 4.59. The molecule has 0 saturated carbocycles. The van der Waals surface area contributed by atoms with Gasteiger partial charge in [0.15, 0.2) is 0 Å². The Bertz CT molecular complexity index is 1620. The number of halogens is 1. The van der Waals surface area contributed by atoms with Crippen molar-refractivity contribution in [3.8, 4) is 11.4 Å². The zero-order valence-electron chi connectivity index (χ0n) is 22.6. The van der Waals surface area contributed by atoms with Crippen LogP contribution in [-0.4, -0.2) is 27.4 Å². The minimum Gasteiger partial charge on any atom is -0.488 e. The van der Waals surface area contributed by atoms with Gasteiger partial charge in [-0.05, 0) is 71.6 Å². The summed E-state index contributed by atoms with van der Waals surface area (Å²) in [7, 11) is 0. The maximum atomic E-state index is 14.0. The lowest BCUT2D eigenvalue weighted by Crippen LogP contribution is -2.24. The third kappa shape index (κ3) is 5.49. The molecule has 0 atom stereocenters. The normalized spacial score (nSPS) is 11.6. The molecule has 6 heteroatoms. The number of aliphatic hydroxyl groups excluding tert-OH is 1. The molecule has 0 bridgehead atoms. The Morgan fingerprint density at radius 3 is 2.23 bits per heavy atom. The van der Waals surface area contributed by atoms with Crippen molar-refractivity contribution >= 4 is 16.9 Å². The molecular weight excluding hydrogens is 505 g/mol. The first kappa shape index (κ1) is 27.2. The van der Waals surface area contributed by atoms with Crippen LogP contribution in [0.5, 0.6) is 5.75 Å². The molecule has 2 N–H and O–H groups in total. The number of aromatic nitrogens is 1. The third-order valence-electron chi connectivity index (χ3n) is 7.34. The van der Waals surface area contributed by atoms with E-state index in [0.29, 0.717) is 19.4 Å². The molecule has 204 valence electrons. The van der Waals surface area contributed by atoms with Crippen molar-refractivity contribution in [1.82, 2.24) is 4.57 Å². The van der Waals surface area contributed by atoms with Crippen molar-refractivity contribution in [1.29, 1.82) is 0 Å². The van der Waals surface area contributed by atoms with Gasteiger partial charge >= 0.3 is 5.97 Å². The minimum atomic E-state index is -0.971. The van der Waals surface area contributed by atoms with Gasteiger partial charge in [0.1, 0.15) is 18.2 Å². The fourth-order valence-electron chi connectivity index (χ4n) is 5.35. The Morgan fingerprint density at radius 2 is 1.57 bits per heavy atom. The Kier molecular flexibility index (Phi) is 7.71. The van der Waals surface area contributed by atoms with E-state index in [9.17, 15) is 19.4 Å². The quantitative estimate of drug-likeness (QED) is 0.196. The van der Waals surface area contributed by atoms with E-state index >= 15 is 0 Å². The van der Waals surface area contributed by atoms with E-state index in [1.54, 1.807) is 24.3 Å². The molecule has 5 rings (SSSR count). The Labute approximate surface area is 233 Å². The van der Waals surface area contributed by atoms with Crippen molar-refractivity contribution in [2.24, 2.45) is 0 Å². The van der Waals surface area contributed by atoms with E-state index in [1.165, 1.54) is 12.1 Å². The molecule has 0 saturated heterocycles. The highest BCUT2D eigenvalue weighted by molar-refractivity contribution is 5.93. The van der Waals surface area contributed by atoms with Gasteiger partial charge in [-0.2, -0.15) is 0 Å². The summed E-state index contributed by atoms with van der Waals surface area (Å²) < 4.78 is 22.5. The SMILES string of the molecule is CC(C)(CCO)c1c(Cc2ccc(C(=O)O)cc2)c2c(OCc3ccccc3)cccc2n1-c1ccc(F)cc1. The number of benzene rings is 4. The Hall–Kier alpha value is -4.42. The van der Waals surface area contributed by atoms with Gasteiger partial charge in [0.05, 0.1) is 11.1 Å². The summed E-state index contributed by atoms with van der Waals surface area (Å²) >= 11 is 0. The van der Waals surface area contributed by atoms with Gasteiger partial charge in [0.25, 0.3) is 0 Å². The lowest BCUT2D eigenvalue weighted by atomic mass is 9.81. The molecule has 4 aromatic carbocycles. The average molecular weight is 538 g/mol. The van der Waals surface area contributed by atoms with Crippen molar-refractivity contribution in [2.75, 3.05) is 6.61 Å². The first-order valence-corrected chi connectivity index (χ1v) is 13.3. The molecule has 0 aliphatic carbocycles. The summed E-state index contributed by atoms with van der Waals surface area (Å²) in [5.41, 5.74) is 5.48. The van der Waals surface area contributed by atoms with Crippen LogP contribution in [0, 0.1) is 5.82 Å². The average Bonchev–Trinajstić information content (AvgIpc) is 3.28. The van der Waals surface area contributed by atoms with Gasteiger partial charge in [0, 0.05) is 35.2 Å². The summed E-state index contributed by atoms with van der Waals surface area (Å²) in [6, 6.07) is 29.2. The number of carbonyl (C=O) groups is 1. The number of hydrogen-bond acceptors (Lipinski definition) is 3. The number of carboxylic acid groups (broad SMARTS) is 1. The number of ether oxygens (including phenoxy) is 1. The predicted octanol–water partition coefficient (Wildman–Crippen LogP) is 7.30. The van der Waals surface area contributed by atoms with Crippen molar-refractivity contribution in [2.45, 2.75) is 38.7 Å². The summed E-state index contributed by atoms with van der Waals surface area (Å²) in [5.74, 6) is -0.566. The first-order chi connectivity index (χ1) is 19.3. The maximum absolute atomic E-state index is 14.0. The largest absolute Gasteiger partial charge is 0.488 e. The van der Waals surface area contributed by atoms with Crippen LogP contribution in [0.2, 0.25) is 0 Å². The molecule has 0 aliphatic heterocycles. The Balaban J connectivity index is 1.76. The van der Waals surface area contributed by atoms with Gasteiger partial charge in [0.2, 0.25) is 0 Å². The van der Waals surface area contributed by atoms with Crippen LogP contribution in [0.1, 0.15) is 53.0 Å².